The molecular weight excluding hydrogens is 252 g/mol. The number of rotatable bonds is 2. The van der Waals surface area contributed by atoms with Crippen LogP contribution in [-0.4, -0.2) is 4.98 Å². The van der Waals surface area contributed by atoms with Gasteiger partial charge in [-0.2, -0.15) is 13.2 Å². The summed E-state index contributed by atoms with van der Waals surface area (Å²) in [6.45, 7) is 0.0350. The van der Waals surface area contributed by atoms with Crippen LogP contribution in [0.2, 0.25) is 0 Å². The predicted molar refractivity (Wildman–Crippen MR) is 54.8 cm³/mol. The van der Waals surface area contributed by atoms with Crippen molar-refractivity contribution in [3.8, 4) is 11.3 Å². The Bertz CT molecular complexity index is 562. The van der Waals surface area contributed by atoms with Gasteiger partial charge in [0.15, 0.2) is 5.76 Å². The second kappa shape index (κ2) is 4.41. The molecule has 0 atom stereocenters. The van der Waals surface area contributed by atoms with Crippen molar-refractivity contribution in [2.75, 3.05) is 0 Å². The van der Waals surface area contributed by atoms with Gasteiger partial charge in [0.05, 0.1) is 18.3 Å². The fourth-order valence-corrected chi connectivity index (χ4v) is 1.43. The van der Waals surface area contributed by atoms with Gasteiger partial charge in [-0.05, 0) is 18.2 Å². The van der Waals surface area contributed by atoms with E-state index in [9.17, 15) is 17.6 Å². The highest BCUT2D eigenvalue weighted by molar-refractivity contribution is 5.58. The Labute approximate surface area is 99.2 Å². The van der Waals surface area contributed by atoms with Crippen molar-refractivity contribution < 1.29 is 22.0 Å². The van der Waals surface area contributed by atoms with E-state index in [0.717, 1.165) is 6.07 Å². The number of aromatic nitrogens is 1. The Balaban J connectivity index is 2.47. The first-order valence-electron chi connectivity index (χ1n) is 4.93. The van der Waals surface area contributed by atoms with E-state index in [0.29, 0.717) is 6.07 Å². The van der Waals surface area contributed by atoms with Crippen LogP contribution in [0.4, 0.5) is 17.6 Å². The Hall–Kier alpha value is -1.89. The molecule has 0 fully saturated rings. The van der Waals surface area contributed by atoms with E-state index in [4.69, 9.17) is 10.2 Å². The molecule has 1 aromatic heterocycles. The maximum atomic E-state index is 13.1. The largest absolute Gasteiger partial charge is 0.439 e. The van der Waals surface area contributed by atoms with E-state index in [2.05, 4.69) is 4.98 Å². The van der Waals surface area contributed by atoms with Gasteiger partial charge in [0.25, 0.3) is 0 Å². The Morgan fingerprint density at radius 1 is 1.28 bits per heavy atom. The summed E-state index contributed by atoms with van der Waals surface area (Å²) in [7, 11) is 0. The Morgan fingerprint density at radius 2 is 2.00 bits per heavy atom. The van der Waals surface area contributed by atoms with Crippen LogP contribution in [0.3, 0.4) is 0 Å². The molecule has 0 aliphatic heterocycles. The van der Waals surface area contributed by atoms with Gasteiger partial charge in [0.2, 0.25) is 5.89 Å². The van der Waals surface area contributed by atoms with Crippen LogP contribution in [0.5, 0.6) is 0 Å². The second-order valence-electron chi connectivity index (χ2n) is 3.51. The number of nitrogens with zero attached hydrogens (tertiary/aromatic N) is 1. The average molecular weight is 260 g/mol. The van der Waals surface area contributed by atoms with Crippen molar-refractivity contribution in [1.29, 1.82) is 0 Å². The molecule has 96 valence electrons. The fourth-order valence-electron chi connectivity index (χ4n) is 1.43. The molecule has 2 rings (SSSR count). The number of benzene rings is 1. The smallest absolute Gasteiger partial charge is 0.419 e. The zero-order chi connectivity index (χ0) is 13.3. The van der Waals surface area contributed by atoms with Crippen molar-refractivity contribution in [2.45, 2.75) is 12.7 Å². The van der Waals surface area contributed by atoms with E-state index in [1.807, 2.05) is 0 Å². The van der Waals surface area contributed by atoms with Crippen LogP contribution in [0.1, 0.15) is 11.5 Å². The van der Waals surface area contributed by atoms with Crippen LogP contribution >= 0.6 is 0 Å². The molecule has 1 heterocycles. The van der Waals surface area contributed by atoms with Gasteiger partial charge in [-0.1, -0.05) is 0 Å². The van der Waals surface area contributed by atoms with Crippen molar-refractivity contribution in [1.82, 2.24) is 4.98 Å². The standard InChI is InChI=1S/C11H8F4N2O/c12-8-2-1-6(3-7(8)11(13,14)15)9-5-17-10(4-16)18-9/h1-3,5H,4,16H2. The van der Waals surface area contributed by atoms with Crippen LogP contribution < -0.4 is 5.73 Å². The van der Waals surface area contributed by atoms with Crippen LogP contribution in [0.15, 0.2) is 28.8 Å². The number of oxazole rings is 1. The minimum absolute atomic E-state index is 0.0350. The molecule has 1 aromatic carbocycles. The highest BCUT2D eigenvalue weighted by atomic mass is 19.4. The second-order valence-corrected chi connectivity index (χ2v) is 3.51. The van der Waals surface area contributed by atoms with Gasteiger partial charge < -0.3 is 10.2 Å². The topological polar surface area (TPSA) is 52.0 Å². The van der Waals surface area contributed by atoms with Gasteiger partial charge in [-0.15, -0.1) is 0 Å². The predicted octanol–water partition coefficient (Wildman–Crippen LogP) is 2.96. The van der Waals surface area contributed by atoms with E-state index in [1.165, 1.54) is 12.3 Å². The maximum Gasteiger partial charge on any atom is 0.419 e. The third-order valence-electron chi connectivity index (χ3n) is 2.28. The van der Waals surface area contributed by atoms with E-state index < -0.39 is 17.6 Å². The first-order valence-corrected chi connectivity index (χ1v) is 4.93. The maximum absolute atomic E-state index is 13.1. The highest BCUT2D eigenvalue weighted by Gasteiger charge is 2.34. The monoisotopic (exact) mass is 260 g/mol. The summed E-state index contributed by atoms with van der Waals surface area (Å²) in [6, 6.07) is 2.60. The van der Waals surface area contributed by atoms with Crippen molar-refractivity contribution in [3.63, 3.8) is 0 Å². The number of hydrogen-bond acceptors (Lipinski definition) is 3. The molecule has 7 heteroatoms. The van der Waals surface area contributed by atoms with Crippen molar-refractivity contribution in [3.05, 3.63) is 41.7 Å². The quantitative estimate of drug-likeness (QED) is 0.844. The summed E-state index contributed by atoms with van der Waals surface area (Å²) < 4.78 is 55.7. The molecule has 2 aromatic rings. The molecule has 3 nitrogen and oxygen atoms in total. The molecule has 0 aliphatic carbocycles. The van der Waals surface area contributed by atoms with E-state index >= 15 is 0 Å². The number of hydrogen-bond donors (Lipinski definition) is 1. The lowest BCUT2D eigenvalue weighted by molar-refractivity contribution is -0.139. The first kappa shape index (κ1) is 12.6. The average Bonchev–Trinajstić information content (AvgIpc) is 2.76. The Kier molecular flexibility index (Phi) is 3.08. The number of nitrogens with two attached hydrogens (primary N) is 1. The molecule has 0 radical (unpaired) electrons. The van der Waals surface area contributed by atoms with Gasteiger partial charge in [0.1, 0.15) is 5.82 Å². The normalized spacial score (nSPS) is 11.8. The Morgan fingerprint density at radius 3 is 2.56 bits per heavy atom. The van der Waals surface area contributed by atoms with Crippen LogP contribution in [0.25, 0.3) is 11.3 Å². The lowest BCUT2D eigenvalue weighted by atomic mass is 10.1. The van der Waals surface area contributed by atoms with Crippen LogP contribution in [-0.2, 0) is 12.7 Å². The minimum atomic E-state index is -4.75. The summed E-state index contributed by atoms with van der Waals surface area (Å²) in [5.41, 5.74) is 4.02. The van der Waals surface area contributed by atoms with Gasteiger partial charge in [-0.25, -0.2) is 9.37 Å². The first-order chi connectivity index (χ1) is 8.41. The third kappa shape index (κ3) is 2.35. The van der Waals surface area contributed by atoms with Crippen molar-refractivity contribution in [2.24, 2.45) is 5.73 Å². The van der Waals surface area contributed by atoms with Gasteiger partial charge in [-0.3, -0.25) is 0 Å². The third-order valence-corrected chi connectivity index (χ3v) is 2.28. The summed E-state index contributed by atoms with van der Waals surface area (Å²) in [5, 5.41) is 0. The lowest BCUT2D eigenvalue weighted by Gasteiger charge is -2.08. The molecule has 0 aliphatic rings. The van der Waals surface area contributed by atoms with E-state index in [-0.39, 0.29) is 23.8 Å². The zero-order valence-electron chi connectivity index (χ0n) is 8.96. The summed E-state index contributed by atoms with van der Waals surface area (Å²) in [6.07, 6.45) is -3.51. The molecule has 0 spiro atoms. The molecule has 0 saturated heterocycles. The molecule has 18 heavy (non-hydrogen) atoms. The number of halogens is 4. The van der Waals surface area contributed by atoms with Gasteiger partial charge in [0, 0.05) is 5.56 Å². The molecule has 0 amide bonds. The molecule has 0 unspecified atom stereocenters. The highest BCUT2D eigenvalue weighted by Crippen LogP contribution is 2.34. The van der Waals surface area contributed by atoms with Crippen LogP contribution in [0, 0.1) is 5.82 Å². The summed E-state index contributed by atoms with van der Waals surface area (Å²) >= 11 is 0. The molecule has 2 N–H and O–H groups in total. The van der Waals surface area contributed by atoms with Crippen molar-refractivity contribution >= 4 is 0 Å². The van der Waals surface area contributed by atoms with E-state index in [1.54, 1.807) is 0 Å². The SMILES string of the molecule is NCc1ncc(-c2ccc(F)c(C(F)(F)F)c2)o1. The summed E-state index contributed by atoms with van der Waals surface area (Å²) in [5.74, 6) is -1.02. The summed E-state index contributed by atoms with van der Waals surface area (Å²) in [4.78, 5) is 3.76. The molecule has 0 saturated carbocycles. The fraction of sp³-hybridized carbons (Fsp3) is 0.182. The van der Waals surface area contributed by atoms with Gasteiger partial charge >= 0.3 is 6.18 Å². The zero-order valence-corrected chi connectivity index (χ0v) is 8.96. The molecular formula is C11H8F4N2O. The number of alkyl halides is 3. The lowest BCUT2D eigenvalue weighted by Crippen LogP contribution is -2.08. The minimum Gasteiger partial charge on any atom is -0.439 e. The molecule has 0 bridgehead atoms.